The summed E-state index contributed by atoms with van der Waals surface area (Å²) in [5.41, 5.74) is 1.18. The predicted octanol–water partition coefficient (Wildman–Crippen LogP) is 3.71. The van der Waals surface area contributed by atoms with Crippen molar-refractivity contribution >= 4 is 0 Å². The highest BCUT2D eigenvalue weighted by atomic mass is 16.5. The first kappa shape index (κ1) is 10.5. The Morgan fingerprint density at radius 1 is 1.47 bits per heavy atom. The Morgan fingerprint density at radius 3 is 2.87 bits per heavy atom. The lowest BCUT2D eigenvalue weighted by Gasteiger charge is -2.34. The normalized spacial score (nSPS) is 31.5. The topological polar surface area (TPSA) is 22.4 Å². The molecule has 0 aliphatic carbocycles. The number of furan rings is 1. The minimum absolute atomic E-state index is 0.0567. The molecule has 82 valence electrons. The highest BCUT2D eigenvalue weighted by molar-refractivity contribution is 5.11. The van der Waals surface area contributed by atoms with Crippen LogP contribution in [0.1, 0.15) is 38.6 Å². The average Bonchev–Trinajstić information content (AvgIpc) is 2.69. The smallest absolute Gasteiger partial charge is 0.133 e. The predicted molar refractivity (Wildman–Crippen MR) is 59.5 cm³/mol. The zero-order valence-electron chi connectivity index (χ0n) is 9.40. The summed E-state index contributed by atoms with van der Waals surface area (Å²) < 4.78 is 11.4. The van der Waals surface area contributed by atoms with Crippen LogP contribution in [0.3, 0.4) is 0 Å². The van der Waals surface area contributed by atoms with Crippen LogP contribution in [-0.2, 0) is 4.74 Å². The van der Waals surface area contributed by atoms with Gasteiger partial charge in [0, 0.05) is 5.92 Å². The average molecular weight is 206 g/mol. The van der Waals surface area contributed by atoms with Crippen LogP contribution in [0.15, 0.2) is 35.0 Å². The summed E-state index contributed by atoms with van der Waals surface area (Å²) in [6.45, 7) is 8.23. The molecule has 1 saturated heterocycles. The molecule has 1 aliphatic heterocycles. The molecule has 0 saturated carbocycles. The quantitative estimate of drug-likeness (QED) is 0.688. The van der Waals surface area contributed by atoms with Gasteiger partial charge in [-0.1, -0.05) is 12.2 Å². The Balaban J connectivity index is 2.20. The first-order valence-electron chi connectivity index (χ1n) is 5.52. The van der Waals surface area contributed by atoms with Crippen LogP contribution in [0.5, 0.6) is 0 Å². The van der Waals surface area contributed by atoms with E-state index in [1.165, 1.54) is 5.57 Å². The van der Waals surface area contributed by atoms with Gasteiger partial charge in [0.25, 0.3) is 0 Å². The van der Waals surface area contributed by atoms with Gasteiger partial charge >= 0.3 is 0 Å². The SMILES string of the molecule is C=C(C)[C@H]1CC[C@@H](C)O[C@H]1c1ccco1. The lowest BCUT2D eigenvalue weighted by atomic mass is 9.86. The van der Waals surface area contributed by atoms with Gasteiger partial charge in [0.05, 0.1) is 12.4 Å². The van der Waals surface area contributed by atoms with Crippen molar-refractivity contribution in [3.8, 4) is 0 Å². The maximum absolute atomic E-state index is 5.95. The molecule has 0 bridgehead atoms. The van der Waals surface area contributed by atoms with Crippen molar-refractivity contribution in [1.29, 1.82) is 0 Å². The first-order valence-corrected chi connectivity index (χ1v) is 5.52. The molecule has 1 fully saturated rings. The summed E-state index contributed by atoms with van der Waals surface area (Å²) in [4.78, 5) is 0. The van der Waals surface area contributed by atoms with Gasteiger partial charge in [-0.3, -0.25) is 0 Å². The Hall–Kier alpha value is -1.02. The number of hydrogen-bond donors (Lipinski definition) is 0. The molecule has 15 heavy (non-hydrogen) atoms. The number of rotatable bonds is 2. The molecule has 1 aliphatic rings. The molecular formula is C13H18O2. The van der Waals surface area contributed by atoms with Gasteiger partial charge in [-0.15, -0.1) is 0 Å². The summed E-state index contributed by atoms with van der Waals surface area (Å²) in [5, 5.41) is 0. The van der Waals surface area contributed by atoms with E-state index in [0.29, 0.717) is 12.0 Å². The van der Waals surface area contributed by atoms with Gasteiger partial charge in [0.15, 0.2) is 0 Å². The molecule has 1 aromatic rings. The fourth-order valence-corrected chi connectivity index (χ4v) is 2.20. The number of ether oxygens (including phenoxy) is 1. The summed E-state index contributed by atoms with van der Waals surface area (Å²) in [5.74, 6) is 1.32. The van der Waals surface area contributed by atoms with Gasteiger partial charge in [0.1, 0.15) is 11.9 Å². The lowest BCUT2D eigenvalue weighted by Crippen LogP contribution is -2.27. The molecule has 3 atom stereocenters. The van der Waals surface area contributed by atoms with E-state index in [1.807, 2.05) is 12.1 Å². The van der Waals surface area contributed by atoms with E-state index < -0.39 is 0 Å². The van der Waals surface area contributed by atoms with Crippen molar-refractivity contribution in [2.24, 2.45) is 5.92 Å². The Kier molecular flexibility index (Phi) is 2.96. The molecule has 2 heteroatoms. The Morgan fingerprint density at radius 2 is 2.27 bits per heavy atom. The second-order valence-corrected chi connectivity index (χ2v) is 4.41. The Labute approximate surface area is 90.9 Å². The molecule has 0 spiro atoms. The zero-order valence-corrected chi connectivity index (χ0v) is 9.40. The van der Waals surface area contributed by atoms with Gasteiger partial charge in [-0.2, -0.15) is 0 Å². The van der Waals surface area contributed by atoms with E-state index >= 15 is 0 Å². The van der Waals surface area contributed by atoms with Crippen LogP contribution in [0.4, 0.5) is 0 Å². The first-order chi connectivity index (χ1) is 7.18. The molecule has 0 radical (unpaired) electrons. The molecule has 1 aromatic heterocycles. The van der Waals surface area contributed by atoms with E-state index in [-0.39, 0.29) is 6.10 Å². The van der Waals surface area contributed by atoms with Gasteiger partial charge in [-0.25, -0.2) is 0 Å². The van der Waals surface area contributed by atoms with Gasteiger partial charge < -0.3 is 9.15 Å². The summed E-state index contributed by atoms with van der Waals surface area (Å²) in [7, 11) is 0. The second-order valence-electron chi connectivity index (χ2n) is 4.41. The third kappa shape index (κ3) is 2.15. The van der Waals surface area contributed by atoms with Crippen molar-refractivity contribution in [3.63, 3.8) is 0 Å². The van der Waals surface area contributed by atoms with Crippen molar-refractivity contribution in [1.82, 2.24) is 0 Å². The van der Waals surface area contributed by atoms with Crippen molar-refractivity contribution < 1.29 is 9.15 Å². The van der Waals surface area contributed by atoms with Crippen molar-refractivity contribution in [3.05, 3.63) is 36.3 Å². The van der Waals surface area contributed by atoms with Crippen LogP contribution in [0, 0.1) is 5.92 Å². The van der Waals surface area contributed by atoms with Crippen LogP contribution >= 0.6 is 0 Å². The fraction of sp³-hybridized carbons (Fsp3) is 0.538. The minimum atomic E-state index is 0.0567. The molecule has 0 N–H and O–H groups in total. The highest BCUT2D eigenvalue weighted by Gasteiger charge is 2.32. The van der Waals surface area contributed by atoms with Crippen LogP contribution < -0.4 is 0 Å². The maximum Gasteiger partial charge on any atom is 0.133 e. The van der Waals surface area contributed by atoms with Crippen molar-refractivity contribution in [2.75, 3.05) is 0 Å². The standard InChI is InChI=1S/C13H18O2/c1-9(2)11-7-6-10(3)15-13(11)12-5-4-8-14-12/h4-5,8,10-11,13H,1,6-7H2,2-3H3/t10-,11-,13-/m1/s1. The van der Waals surface area contributed by atoms with Crippen molar-refractivity contribution in [2.45, 2.75) is 38.9 Å². The van der Waals surface area contributed by atoms with Crippen LogP contribution in [0.2, 0.25) is 0 Å². The molecule has 0 aromatic carbocycles. The molecule has 2 nitrogen and oxygen atoms in total. The number of hydrogen-bond acceptors (Lipinski definition) is 2. The van der Waals surface area contributed by atoms with E-state index in [9.17, 15) is 0 Å². The van der Waals surface area contributed by atoms with E-state index in [1.54, 1.807) is 6.26 Å². The summed E-state index contributed by atoms with van der Waals surface area (Å²) in [6, 6.07) is 3.89. The van der Waals surface area contributed by atoms with E-state index in [0.717, 1.165) is 18.6 Å². The van der Waals surface area contributed by atoms with Crippen LogP contribution in [0.25, 0.3) is 0 Å². The monoisotopic (exact) mass is 206 g/mol. The molecule has 0 amide bonds. The van der Waals surface area contributed by atoms with E-state index in [4.69, 9.17) is 9.15 Å². The maximum atomic E-state index is 5.95. The third-order valence-corrected chi connectivity index (χ3v) is 3.09. The summed E-state index contributed by atoms with van der Waals surface area (Å²) >= 11 is 0. The van der Waals surface area contributed by atoms with Gasteiger partial charge in [-0.05, 0) is 38.8 Å². The molecule has 2 heterocycles. The molecule has 2 rings (SSSR count). The van der Waals surface area contributed by atoms with E-state index in [2.05, 4.69) is 20.4 Å². The molecular weight excluding hydrogens is 188 g/mol. The van der Waals surface area contributed by atoms with Gasteiger partial charge in [0.2, 0.25) is 0 Å². The minimum Gasteiger partial charge on any atom is -0.467 e. The second kappa shape index (κ2) is 4.23. The highest BCUT2D eigenvalue weighted by Crippen LogP contribution is 2.39. The Bertz CT molecular complexity index is 326. The zero-order chi connectivity index (χ0) is 10.8. The largest absolute Gasteiger partial charge is 0.467 e. The molecule has 0 unspecified atom stereocenters. The third-order valence-electron chi connectivity index (χ3n) is 3.09. The summed E-state index contributed by atoms with van der Waals surface area (Å²) in [6.07, 6.45) is 4.32. The lowest BCUT2D eigenvalue weighted by molar-refractivity contribution is -0.0768. The fourth-order valence-electron chi connectivity index (χ4n) is 2.20. The van der Waals surface area contributed by atoms with Crippen LogP contribution in [-0.4, -0.2) is 6.10 Å².